The molecule has 1 unspecified atom stereocenters. The molecule has 0 aromatic carbocycles. The van der Waals surface area contributed by atoms with Crippen LogP contribution in [-0.2, 0) is 14.4 Å². The number of ketones is 3. The minimum Gasteiger partial charge on any atom is -0.300 e. The number of Topliss-reactive ketones (excluding diaryl/α,β-unsaturated/α-hetero) is 3. The van der Waals surface area contributed by atoms with E-state index >= 15 is 0 Å². The van der Waals surface area contributed by atoms with Crippen LogP contribution in [-0.4, -0.2) is 28.4 Å². The van der Waals surface area contributed by atoms with Crippen molar-refractivity contribution in [3.63, 3.8) is 0 Å². The van der Waals surface area contributed by atoms with Crippen LogP contribution in [0.3, 0.4) is 0 Å². The van der Waals surface area contributed by atoms with Gasteiger partial charge in [-0.05, 0) is 13.8 Å². The zero-order valence-corrected chi connectivity index (χ0v) is 11.2. The molecule has 0 aromatic heterocycles. The lowest BCUT2D eigenvalue weighted by Gasteiger charge is -2.13. The van der Waals surface area contributed by atoms with Gasteiger partial charge in [-0.25, -0.2) is 0 Å². The van der Waals surface area contributed by atoms with E-state index < -0.39 is 0 Å². The first kappa shape index (κ1) is 15.4. The summed E-state index contributed by atoms with van der Waals surface area (Å²) in [4.78, 5) is 33.6. The van der Waals surface area contributed by atoms with E-state index in [0.29, 0.717) is 12.2 Å². The lowest BCUT2D eigenvalue weighted by atomic mass is 10.0. The molecule has 0 saturated carbocycles. The Kier molecular flexibility index (Phi) is 7.30. The van der Waals surface area contributed by atoms with Gasteiger partial charge in [0.15, 0.2) is 0 Å². The van der Waals surface area contributed by atoms with Crippen molar-refractivity contribution in [2.24, 2.45) is 5.92 Å². The molecule has 0 radical (unpaired) electrons. The molecule has 0 aliphatic carbocycles. The highest BCUT2D eigenvalue weighted by Crippen LogP contribution is 2.19. The van der Waals surface area contributed by atoms with Gasteiger partial charge >= 0.3 is 0 Å². The molecule has 0 aromatic rings. The highest BCUT2D eigenvalue weighted by Gasteiger charge is 2.20. The molecule has 1 atom stereocenters. The largest absolute Gasteiger partial charge is 0.300 e. The lowest BCUT2D eigenvalue weighted by Crippen LogP contribution is -2.21. The first-order valence-corrected chi connectivity index (χ1v) is 6.53. The Morgan fingerprint density at radius 3 is 2.06 bits per heavy atom. The van der Waals surface area contributed by atoms with Crippen molar-refractivity contribution in [3.05, 3.63) is 0 Å². The molecule has 0 aliphatic rings. The number of carbonyl (C=O) groups is 3. The van der Waals surface area contributed by atoms with Gasteiger partial charge in [-0.15, -0.1) is 11.8 Å². The van der Waals surface area contributed by atoms with Gasteiger partial charge in [-0.2, -0.15) is 0 Å². The molecule has 92 valence electrons. The summed E-state index contributed by atoms with van der Waals surface area (Å²) in [6, 6.07) is 0. The highest BCUT2D eigenvalue weighted by molar-refractivity contribution is 8.00. The standard InChI is InChI=1S/C12H20O3S/c1-8(2)11(15)7-12(10(4)14)16-6-5-9(3)13/h8,12H,5-7H2,1-4H3. The second kappa shape index (κ2) is 7.60. The van der Waals surface area contributed by atoms with Gasteiger partial charge in [0, 0.05) is 24.5 Å². The van der Waals surface area contributed by atoms with E-state index in [1.54, 1.807) is 0 Å². The zero-order valence-electron chi connectivity index (χ0n) is 10.4. The molecule has 0 N–H and O–H groups in total. The molecular formula is C12H20O3S. The molecular weight excluding hydrogens is 224 g/mol. The maximum atomic E-state index is 11.5. The zero-order chi connectivity index (χ0) is 12.7. The van der Waals surface area contributed by atoms with E-state index in [0.717, 1.165) is 0 Å². The lowest BCUT2D eigenvalue weighted by molar-refractivity contribution is -0.124. The summed E-state index contributed by atoms with van der Waals surface area (Å²) in [5.41, 5.74) is 0. The third-order valence-electron chi connectivity index (χ3n) is 2.26. The van der Waals surface area contributed by atoms with Gasteiger partial charge in [0.05, 0.1) is 5.25 Å². The SMILES string of the molecule is CC(=O)CCSC(CC(=O)C(C)C)C(C)=O. The predicted octanol–water partition coefficient (Wildman–Crippen LogP) is 2.27. The van der Waals surface area contributed by atoms with Crippen molar-refractivity contribution >= 4 is 29.1 Å². The van der Waals surface area contributed by atoms with E-state index in [2.05, 4.69) is 0 Å². The summed E-state index contributed by atoms with van der Waals surface area (Å²) in [5.74, 6) is 0.823. The fourth-order valence-corrected chi connectivity index (χ4v) is 2.29. The van der Waals surface area contributed by atoms with Crippen molar-refractivity contribution in [1.82, 2.24) is 0 Å². The smallest absolute Gasteiger partial charge is 0.143 e. The number of carbonyl (C=O) groups excluding carboxylic acids is 3. The Bertz CT molecular complexity index is 271. The number of thioether (sulfide) groups is 1. The van der Waals surface area contributed by atoms with Crippen molar-refractivity contribution in [2.75, 3.05) is 5.75 Å². The fourth-order valence-electron chi connectivity index (χ4n) is 1.08. The summed E-state index contributed by atoms with van der Waals surface area (Å²) >= 11 is 1.41. The first-order chi connectivity index (χ1) is 7.34. The number of rotatable bonds is 8. The van der Waals surface area contributed by atoms with Gasteiger partial charge in [-0.1, -0.05) is 13.8 Å². The van der Waals surface area contributed by atoms with E-state index in [9.17, 15) is 14.4 Å². The van der Waals surface area contributed by atoms with Crippen LogP contribution in [0.4, 0.5) is 0 Å². The molecule has 0 bridgehead atoms. The van der Waals surface area contributed by atoms with Crippen LogP contribution in [0.1, 0.15) is 40.5 Å². The molecule has 0 aliphatic heterocycles. The monoisotopic (exact) mass is 244 g/mol. The van der Waals surface area contributed by atoms with E-state index in [1.807, 2.05) is 13.8 Å². The Balaban J connectivity index is 4.13. The second-order valence-corrected chi connectivity index (χ2v) is 5.56. The van der Waals surface area contributed by atoms with E-state index in [-0.39, 0.29) is 34.9 Å². The van der Waals surface area contributed by atoms with Crippen molar-refractivity contribution in [2.45, 2.75) is 45.8 Å². The van der Waals surface area contributed by atoms with Gasteiger partial charge in [0.25, 0.3) is 0 Å². The maximum absolute atomic E-state index is 11.5. The maximum Gasteiger partial charge on any atom is 0.143 e. The Labute approximate surface area is 101 Å². The number of hydrogen-bond acceptors (Lipinski definition) is 4. The first-order valence-electron chi connectivity index (χ1n) is 5.48. The summed E-state index contributed by atoms with van der Waals surface area (Å²) in [7, 11) is 0. The van der Waals surface area contributed by atoms with Crippen LogP contribution in [0.2, 0.25) is 0 Å². The average Bonchev–Trinajstić information content (AvgIpc) is 2.14. The average molecular weight is 244 g/mol. The summed E-state index contributed by atoms with van der Waals surface area (Å²) in [6.07, 6.45) is 0.750. The van der Waals surface area contributed by atoms with E-state index in [1.165, 1.54) is 25.6 Å². The Morgan fingerprint density at radius 1 is 1.12 bits per heavy atom. The Hall–Kier alpha value is -0.640. The van der Waals surface area contributed by atoms with Crippen LogP contribution in [0.15, 0.2) is 0 Å². The third-order valence-corrected chi connectivity index (χ3v) is 3.60. The molecule has 0 spiro atoms. The minimum atomic E-state index is -0.283. The summed E-state index contributed by atoms with van der Waals surface area (Å²) in [6.45, 7) is 6.70. The van der Waals surface area contributed by atoms with E-state index in [4.69, 9.17) is 0 Å². The van der Waals surface area contributed by atoms with Gasteiger partial charge in [0.2, 0.25) is 0 Å². The molecule has 0 rings (SSSR count). The topological polar surface area (TPSA) is 51.2 Å². The molecule has 0 heterocycles. The minimum absolute atomic E-state index is 0.0163. The van der Waals surface area contributed by atoms with Crippen LogP contribution < -0.4 is 0 Å². The predicted molar refractivity (Wildman–Crippen MR) is 66.7 cm³/mol. The molecule has 0 saturated heterocycles. The van der Waals surface area contributed by atoms with Gasteiger partial charge in [-0.3, -0.25) is 14.4 Å². The normalized spacial score (nSPS) is 12.6. The number of hydrogen-bond donors (Lipinski definition) is 0. The van der Waals surface area contributed by atoms with Crippen molar-refractivity contribution < 1.29 is 14.4 Å². The summed E-state index contributed by atoms with van der Waals surface area (Å²) in [5, 5.41) is -0.283. The van der Waals surface area contributed by atoms with Gasteiger partial charge in [0.1, 0.15) is 17.3 Å². The third kappa shape index (κ3) is 6.77. The summed E-state index contributed by atoms with van der Waals surface area (Å²) < 4.78 is 0. The Morgan fingerprint density at radius 2 is 1.69 bits per heavy atom. The van der Waals surface area contributed by atoms with Gasteiger partial charge < -0.3 is 0 Å². The van der Waals surface area contributed by atoms with Crippen LogP contribution in [0.25, 0.3) is 0 Å². The molecule has 4 heteroatoms. The fraction of sp³-hybridized carbons (Fsp3) is 0.750. The van der Waals surface area contributed by atoms with Crippen molar-refractivity contribution in [3.8, 4) is 0 Å². The molecule has 16 heavy (non-hydrogen) atoms. The van der Waals surface area contributed by atoms with Crippen LogP contribution in [0, 0.1) is 5.92 Å². The molecule has 3 nitrogen and oxygen atoms in total. The highest BCUT2D eigenvalue weighted by atomic mass is 32.2. The second-order valence-electron chi connectivity index (χ2n) is 4.25. The quantitative estimate of drug-likeness (QED) is 0.657. The van der Waals surface area contributed by atoms with Crippen LogP contribution >= 0.6 is 11.8 Å². The molecule has 0 fully saturated rings. The molecule has 0 amide bonds. The van der Waals surface area contributed by atoms with Crippen molar-refractivity contribution in [1.29, 1.82) is 0 Å². The van der Waals surface area contributed by atoms with Crippen LogP contribution in [0.5, 0.6) is 0 Å².